The molecule has 160 valence electrons. The molecular weight excluding hydrogens is 382 g/mol. The van der Waals surface area contributed by atoms with Gasteiger partial charge in [0.15, 0.2) is 0 Å². The third kappa shape index (κ3) is 4.72. The van der Waals surface area contributed by atoms with E-state index in [1.54, 1.807) is 0 Å². The summed E-state index contributed by atoms with van der Waals surface area (Å²) < 4.78 is 5.34. The molecule has 1 aliphatic carbocycles. The van der Waals surface area contributed by atoms with Crippen LogP contribution in [0.5, 0.6) is 0 Å². The number of esters is 1. The average Bonchev–Trinajstić information content (AvgIpc) is 3.28. The maximum Gasteiger partial charge on any atom is 0.310 e. The Morgan fingerprint density at radius 2 is 1.48 bits per heavy atom. The van der Waals surface area contributed by atoms with E-state index in [9.17, 15) is 4.79 Å². The van der Waals surface area contributed by atoms with Crippen LogP contribution < -0.4 is 0 Å². The van der Waals surface area contributed by atoms with Gasteiger partial charge in [-0.2, -0.15) is 0 Å². The van der Waals surface area contributed by atoms with E-state index < -0.39 is 0 Å². The summed E-state index contributed by atoms with van der Waals surface area (Å²) in [6.45, 7) is 3.05. The fourth-order valence-corrected chi connectivity index (χ4v) is 5.14. The first kappa shape index (κ1) is 21.3. The monoisotopic (exact) mass is 413 g/mol. The molecule has 3 aromatic rings. The van der Waals surface area contributed by atoms with E-state index in [4.69, 9.17) is 4.74 Å². The second-order valence-electron chi connectivity index (χ2n) is 8.46. The largest absolute Gasteiger partial charge is 0.469 e. The van der Waals surface area contributed by atoms with Crippen LogP contribution in [0.4, 0.5) is 0 Å². The van der Waals surface area contributed by atoms with Crippen molar-refractivity contribution >= 4 is 5.97 Å². The average molecular weight is 414 g/mol. The van der Waals surface area contributed by atoms with Crippen molar-refractivity contribution in [2.45, 2.75) is 44.3 Å². The zero-order valence-corrected chi connectivity index (χ0v) is 18.4. The number of nitrogens with zero attached hydrogens (tertiary/aromatic N) is 1. The van der Waals surface area contributed by atoms with Crippen LogP contribution in [-0.4, -0.2) is 24.0 Å². The molecule has 3 heteroatoms. The maximum absolute atomic E-state index is 13.1. The van der Waals surface area contributed by atoms with E-state index in [1.165, 1.54) is 23.8 Å². The normalized spacial score (nSPS) is 21.7. The van der Waals surface area contributed by atoms with Crippen molar-refractivity contribution < 1.29 is 9.53 Å². The summed E-state index contributed by atoms with van der Waals surface area (Å²) in [6, 6.07) is 31.9. The molecule has 0 aromatic heterocycles. The molecule has 0 radical (unpaired) electrons. The fourth-order valence-electron chi connectivity index (χ4n) is 5.14. The number of carbonyl (C=O) groups excluding carboxylic acids is 1. The van der Waals surface area contributed by atoms with Crippen molar-refractivity contribution in [1.29, 1.82) is 0 Å². The molecule has 0 spiro atoms. The Morgan fingerprint density at radius 1 is 0.903 bits per heavy atom. The standard InChI is InChI=1S/C28H31NO2/c1-21(23-14-8-4-9-15-23)29(20-22-12-6-3-7-13-22)26-19-18-25(27(26)28(30)31-2)24-16-10-5-11-17-24/h3-17,21,25-27H,18-20H2,1-2H3/t21-,25+,26-,27+/m1/s1. The molecule has 3 nitrogen and oxygen atoms in total. The van der Waals surface area contributed by atoms with Crippen LogP contribution in [0.3, 0.4) is 0 Å². The van der Waals surface area contributed by atoms with Crippen molar-refractivity contribution in [3.63, 3.8) is 0 Å². The SMILES string of the molecule is COC(=O)[C@@H]1[C@H](N(Cc2ccccc2)[C@H](C)c2ccccc2)CC[C@H]1c1ccccc1. The van der Waals surface area contributed by atoms with Crippen molar-refractivity contribution in [2.24, 2.45) is 5.92 Å². The minimum Gasteiger partial charge on any atom is -0.469 e. The van der Waals surface area contributed by atoms with Gasteiger partial charge in [0, 0.05) is 18.6 Å². The second kappa shape index (κ2) is 9.93. The molecule has 0 saturated heterocycles. The van der Waals surface area contributed by atoms with Gasteiger partial charge in [0.25, 0.3) is 0 Å². The second-order valence-corrected chi connectivity index (χ2v) is 8.46. The molecule has 31 heavy (non-hydrogen) atoms. The van der Waals surface area contributed by atoms with Gasteiger partial charge in [0.2, 0.25) is 0 Å². The highest BCUT2D eigenvalue weighted by atomic mass is 16.5. The minimum atomic E-state index is -0.178. The Hall–Kier alpha value is -2.91. The van der Waals surface area contributed by atoms with E-state index in [-0.39, 0.29) is 29.9 Å². The van der Waals surface area contributed by atoms with Crippen LogP contribution in [0, 0.1) is 5.92 Å². The van der Waals surface area contributed by atoms with Gasteiger partial charge in [-0.3, -0.25) is 9.69 Å². The Labute approximate surface area is 185 Å². The van der Waals surface area contributed by atoms with Crippen LogP contribution in [0.1, 0.15) is 48.4 Å². The van der Waals surface area contributed by atoms with Gasteiger partial charge >= 0.3 is 5.97 Å². The molecule has 1 aliphatic rings. The van der Waals surface area contributed by atoms with Gasteiger partial charge in [-0.05, 0) is 42.4 Å². The summed E-state index contributed by atoms with van der Waals surface area (Å²) in [5.41, 5.74) is 3.76. The van der Waals surface area contributed by atoms with Crippen molar-refractivity contribution in [1.82, 2.24) is 4.90 Å². The molecule has 4 atom stereocenters. The summed E-state index contributed by atoms with van der Waals surface area (Å²) in [5, 5.41) is 0. The zero-order chi connectivity index (χ0) is 21.6. The molecule has 0 bridgehead atoms. The molecular formula is C28H31NO2. The quantitative estimate of drug-likeness (QED) is 0.446. The Balaban J connectivity index is 1.71. The molecule has 3 aromatic carbocycles. The molecule has 1 fully saturated rings. The van der Waals surface area contributed by atoms with Crippen LogP contribution in [0.25, 0.3) is 0 Å². The van der Waals surface area contributed by atoms with E-state index in [0.29, 0.717) is 0 Å². The van der Waals surface area contributed by atoms with Gasteiger partial charge in [0.05, 0.1) is 13.0 Å². The van der Waals surface area contributed by atoms with Crippen LogP contribution in [0.2, 0.25) is 0 Å². The number of hydrogen-bond donors (Lipinski definition) is 0. The van der Waals surface area contributed by atoms with Crippen LogP contribution in [0.15, 0.2) is 91.0 Å². The zero-order valence-electron chi connectivity index (χ0n) is 18.4. The number of methoxy groups -OCH3 is 1. The Kier molecular flexibility index (Phi) is 6.83. The summed E-state index contributed by atoms with van der Waals surface area (Å²) in [4.78, 5) is 15.6. The lowest BCUT2D eigenvalue weighted by molar-refractivity contribution is -0.148. The fraction of sp³-hybridized carbons (Fsp3) is 0.321. The van der Waals surface area contributed by atoms with E-state index >= 15 is 0 Å². The molecule has 4 rings (SSSR count). The first-order valence-electron chi connectivity index (χ1n) is 11.2. The lowest BCUT2D eigenvalue weighted by atomic mass is 9.86. The predicted octanol–water partition coefficient (Wildman–Crippen LogP) is 5.99. The van der Waals surface area contributed by atoms with Gasteiger partial charge < -0.3 is 4.74 Å². The Morgan fingerprint density at radius 3 is 2.10 bits per heavy atom. The molecule has 1 saturated carbocycles. The summed E-state index contributed by atoms with van der Waals surface area (Å²) in [6.07, 6.45) is 1.96. The molecule has 0 amide bonds. The molecule has 0 heterocycles. The molecule has 0 aliphatic heterocycles. The first-order chi connectivity index (χ1) is 15.2. The number of hydrogen-bond acceptors (Lipinski definition) is 3. The van der Waals surface area contributed by atoms with Gasteiger partial charge in [0.1, 0.15) is 0 Å². The lowest BCUT2D eigenvalue weighted by Crippen LogP contribution is -2.43. The van der Waals surface area contributed by atoms with Crippen molar-refractivity contribution in [3.05, 3.63) is 108 Å². The summed E-state index contributed by atoms with van der Waals surface area (Å²) in [7, 11) is 1.52. The summed E-state index contributed by atoms with van der Waals surface area (Å²) >= 11 is 0. The van der Waals surface area contributed by atoms with Gasteiger partial charge in [-0.25, -0.2) is 0 Å². The topological polar surface area (TPSA) is 29.5 Å². The molecule has 0 unspecified atom stereocenters. The third-order valence-electron chi connectivity index (χ3n) is 6.74. The number of ether oxygens (including phenoxy) is 1. The molecule has 0 N–H and O–H groups in total. The van der Waals surface area contributed by atoms with E-state index in [1.807, 2.05) is 12.1 Å². The highest BCUT2D eigenvalue weighted by Crippen LogP contribution is 2.45. The van der Waals surface area contributed by atoms with Crippen LogP contribution in [-0.2, 0) is 16.1 Å². The van der Waals surface area contributed by atoms with Crippen LogP contribution >= 0.6 is 0 Å². The Bertz CT molecular complexity index is 958. The van der Waals surface area contributed by atoms with E-state index in [0.717, 1.165) is 19.4 Å². The first-order valence-corrected chi connectivity index (χ1v) is 11.2. The predicted molar refractivity (Wildman–Crippen MR) is 125 cm³/mol. The van der Waals surface area contributed by atoms with Gasteiger partial charge in [-0.1, -0.05) is 91.0 Å². The van der Waals surface area contributed by atoms with Crippen molar-refractivity contribution in [3.8, 4) is 0 Å². The lowest BCUT2D eigenvalue weighted by Gasteiger charge is -2.38. The maximum atomic E-state index is 13.1. The van der Waals surface area contributed by atoms with E-state index in [2.05, 4.69) is 90.7 Å². The van der Waals surface area contributed by atoms with Crippen molar-refractivity contribution in [2.75, 3.05) is 7.11 Å². The number of carbonyl (C=O) groups is 1. The number of benzene rings is 3. The highest BCUT2D eigenvalue weighted by Gasteiger charge is 2.46. The third-order valence-corrected chi connectivity index (χ3v) is 6.74. The minimum absolute atomic E-state index is 0.102. The smallest absolute Gasteiger partial charge is 0.310 e. The number of rotatable bonds is 7. The van der Waals surface area contributed by atoms with Gasteiger partial charge in [-0.15, -0.1) is 0 Å². The summed E-state index contributed by atoms with van der Waals surface area (Å²) in [5.74, 6) is -0.100. The highest BCUT2D eigenvalue weighted by molar-refractivity contribution is 5.75.